The number of thiazole rings is 1. The Labute approximate surface area is 173 Å². The van der Waals surface area contributed by atoms with E-state index in [4.69, 9.17) is 0 Å². The maximum absolute atomic E-state index is 14.3. The molecule has 1 N–H and O–H groups in total. The molecule has 7 heteroatoms. The number of amides is 1. The average Bonchev–Trinajstić information content (AvgIpc) is 3.22. The highest BCUT2D eigenvalue weighted by Gasteiger charge is 2.49. The first-order chi connectivity index (χ1) is 14.1. The summed E-state index contributed by atoms with van der Waals surface area (Å²) < 4.78 is 14.3. The fourth-order valence-electron chi connectivity index (χ4n) is 3.86. The maximum atomic E-state index is 14.3. The first kappa shape index (κ1) is 19.7. The van der Waals surface area contributed by atoms with Crippen molar-refractivity contribution in [3.63, 3.8) is 0 Å². The lowest BCUT2D eigenvalue weighted by atomic mass is 9.73. The van der Waals surface area contributed by atoms with E-state index in [1.807, 2.05) is 23.6 Å². The van der Waals surface area contributed by atoms with Gasteiger partial charge in [-0.1, -0.05) is 18.2 Å². The molecule has 0 unspecified atom stereocenters. The monoisotopic (exact) mass is 410 g/mol. The number of hydrogen-bond acceptors (Lipinski definition) is 5. The normalized spacial score (nSPS) is 15.6. The fraction of sp³-hybridized carbons (Fsp3) is 0.318. The van der Waals surface area contributed by atoms with Gasteiger partial charge in [0.2, 0.25) is 5.91 Å². The summed E-state index contributed by atoms with van der Waals surface area (Å²) in [6.45, 7) is 2.50. The Morgan fingerprint density at radius 2 is 2.00 bits per heavy atom. The van der Waals surface area contributed by atoms with E-state index in [2.05, 4.69) is 20.2 Å². The maximum Gasteiger partial charge on any atom is 0.229 e. The van der Waals surface area contributed by atoms with E-state index < -0.39 is 5.41 Å². The molecule has 0 spiro atoms. The third-order valence-corrected chi connectivity index (χ3v) is 5.96. The molecule has 150 valence electrons. The van der Waals surface area contributed by atoms with E-state index in [0.717, 1.165) is 17.8 Å². The number of likely N-dealkylation sites (tertiary alicyclic amines) is 1. The van der Waals surface area contributed by atoms with Gasteiger partial charge in [-0.15, -0.1) is 11.3 Å². The molecule has 1 aromatic carbocycles. The molecular weight excluding hydrogens is 387 g/mol. The van der Waals surface area contributed by atoms with E-state index in [0.29, 0.717) is 38.0 Å². The second-order valence-corrected chi connectivity index (χ2v) is 8.25. The lowest BCUT2D eigenvalue weighted by molar-refractivity contribution is -0.142. The number of nitrogens with zero attached hydrogens (tertiary/aromatic N) is 3. The molecule has 5 nitrogen and oxygen atoms in total. The van der Waals surface area contributed by atoms with Crippen molar-refractivity contribution in [3.05, 3.63) is 82.3 Å². The first-order valence-corrected chi connectivity index (χ1v) is 10.6. The highest BCUT2D eigenvalue weighted by atomic mass is 32.1. The molecule has 0 bridgehead atoms. The van der Waals surface area contributed by atoms with Gasteiger partial charge < -0.3 is 5.32 Å². The van der Waals surface area contributed by atoms with Gasteiger partial charge >= 0.3 is 0 Å². The van der Waals surface area contributed by atoms with E-state index in [-0.39, 0.29) is 11.7 Å². The summed E-state index contributed by atoms with van der Waals surface area (Å²) >= 11 is 1.55. The van der Waals surface area contributed by atoms with Crippen LogP contribution in [0.25, 0.3) is 0 Å². The molecule has 1 aliphatic rings. The van der Waals surface area contributed by atoms with Crippen LogP contribution in [-0.4, -0.2) is 40.4 Å². The third kappa shape index (κ3) is 4.68. The predicted octanol–water partition coefficient (Wildman–Crippen LogP) is 3.08. The Morgan fingerprint density at radius 3 is 2.72 bits per heavy atom. The van der Waals surface area contributed by atoms with E-state index in [1.54, 1.807) is 41.4 Å². The second-order valence-electron chi connectivity index (χ2n) is 7.53. The number of nitrogens with one attached hydrogen (secondary N) is 1. The zero-order chi connectivity index (χ0) is 20.1. The zero-order valence-electron chi connectivity index (χ0n) is 16.1. The number of benzene rings is 1. The predicted molar refractivity (Wildman–Crippen MR) is 111 cm³/mol. The summed E-state index contributed by atoms with van der Waals surface area (Å²) in [5, 5.41) is 5.04. The highest BCUT2D eigenvalue weighted by Crippen LogP contribution is 2.36. The minimum atomic E-state index is -0.614. The molecule has 3 aromatic rings. The number of carbonyl (C=O) groups excluding carboxylic acids is 1. The molecule has 1 amide bonds. The van der Waals surface area contributed by atoms with Crippen LogP contribution >= 0.6 is 11.3 Å². The van der Waals surface area contributed by atoms with Crippen molar-refractivity contribution in [1.82, 2.24) is 20.2 Å². The topological polar surface area (TPSA) is 58.1 Å². The van der Waals surface area contributed by atoms with Crippen molar-refractivity contribution in [2.75, 3.05) is 19.6 Å². The second kappa shape index (κ2) is 8.80. The quantitative estimate of drug-likeness (QED) is 0.620. The molecule has 29 heavy (non-hydrogen) atoms. The van der Waals surface area contributed by atoms with Crippen LogP contribution < -0.4 is 5.32 Å². The van der Waals surface area contributed by atoms with Crippen molar-refractivity contribution < 1.29 is 9.18 Å². The lowest BCUT2D eigenvalue weighted by Crippen LogP contribution is -2.64. The van der Waals surface area contributed by atoms with Crippen LogP contribution in [0.1, 0.15) is 16.8 Å². The van der Waals surface area contributed by atoms with Gasteiger partial charge in [-0.25, -0.2) is 9.37 Å². The molecule has 1 aliphatic heterocycles. The Bertz CT molecular complexity index is 942. The van der Waals surface area contributed by atoms with Gasteiger partial charge in [-0.2, -0.15) is 0 Å². The third-order valence-electron chi connectivity index (χ3n) is 5.33. The number of hydrogen-bond donors (Lipinski definition) is 1. The van der Waals surface area contributed by atoms with Gasteiger partial charge in [0, 0.05) is 50.4 Å². The number of halogens is 1. The van der Waals surface area contributed by atoms with Gasteiger partial charge in [0.25, 0.3) is 0 Å². The first-order valence-electron chi connectivity index (χ1n) is 9.65. The molecule has 2 aromatic heterocycles. The molecule has 3 heterocycles. The van der Waals surface area contributed by atoms with Gasteiger partial charge in [0.05, 0.1) is 16.6 Å². The molecule has 1 saturated heterocycles. The molecule has 4 rings (SSSR count). The number of pyridine rings is 1. The minimum Gasteiger partial charge on any atom is -0.355 e. The van der Waals surface area contributed by atoms with Crippen LogP contribution in [0, 0.1) is 11.2 Å². The summed E-state index contributed by atoms with van der Waals surface area (Å²) in [7, 11) is 0. The van der Waals surface area contributed by atoms with E-state index in [1.165, 1.54) is 6.07 Å². The summed E-state index contributed by atoms with van der Waals surface area (Å²) in [5.74, 6) is -0.267. The Balaban J connectivity index is 1.43. The van der Waals surface area contributed by atoms with Crippen LogP contribution in [0.4, 0.5) is 4.39 Å². The molecule has 0 atom stereocenters. The highest BCUT2D eigenvalue weighted by molar-refractivity contribution is 7.07. The Hall–Kier alpha value is -2.64. The van der Waals surface area contributed by atoms with Gasteiger partial charge in [0.1, 0.15) is 5.82 Å². The Kier molecular flexibility index (Phi) is 5.97. The van der Waals surface area contributed by atoms with Crippen molar-refractivity contribution in [2.24, 2.45) is 5.41 Å². The van der Waals surface area contributed by atoms with E-state index in [9.17, 15) is 9.18 Å². The van der Waals surface area contributed by atoms with Crippen LogP contribution in [0.5, 0.6) is 0 Å². The van der Waals surface area contributed by atoms with Crippen LogP contribution in [0.2, 0.25) is 0 Å². The van der Waals surface area contributed by atoms with Gasteiger partial charge in [0.15, 0.2) is 0 Å². The van der Waals surface area contributed by atoms with Gasteiger partial charge in [-0.3, -0.25) is 14.7 Å². The molecule has 1 fully saturated rings. The fourth-order valence-corrected chi connectivity index (χ4v) is 4.46. The minimum absolute atomic E-state index is 0.0121. The molecule has 0 aliphatic carbocycles. The molecule has 0 saturated carbocycles. The van der Waals surface area contributed by atoms with Gasteiger partial charge in [-0.05, 0) is 35.7 Å². The number of aromatic nitrogens is 2. The lowest BCUT2D eigenvalue weighted by Gasteiger charge is -2.49. The standard InChI is InChI=1S/C22H23FN4OS/c23-20-4-2-1-3-18(20)11-22(21(28)25-10-7-19-13-29-16-26-19)14-27(15-22)12-17-5-8-24-9-6-17/h1-6,8-9,13,16H,7,10-12,14-15H2,(H,25,28). The van der Waals surface area contributed by atoms with Crippen LogP contribution in [-0.2, 0) is 24.2 Å². The van der Waals surface area contributed by atoms with Crippen LogP contribution in [0.3, 0.4) is 0 Å². The van der Waals surface area contributed by atoms with E-state index >= 15 is 0 Å². The summed E-state index contributed by atoms with van der Waals surface area (Å²) in [4.78, 5) is 23.6. The summed E-state index contributed by atoms with van der Waals surface area (Å²) in [5.41, 5.74) is 3.90. The number of carbonyl (C=O) groups is 1. The molecule has 0 radical (unpaired) electrons. The molecular formula is C22H23FN4OS. The average molecular weight is 411 g/mol. The van der Waals surface area contributed by atoms with Crippen molar-refractivity contribution in [2.45, 2.75) is 19.4 Å². The summed E-state index contributed by atoms with van der Waals surface area (Å²) in [6, 6.07) is 10.7. The largest absolute Gasteiger partial charge is 0.355 e. The van der Waals surface area contributed by atoms with Crippen molar-refractivity contribution in [1.29, 1.82) is 0 Å². The van der Waals surface area contributed by atoms with Crippen LogP contribution in [0.15, 0.2) is 59.7 Å². The van der Waals surface area contributed by atoms with Crippen molar-refractivity contribution >= 4 is 17.2 Å². The van der Waals surface area contributed by atoms with Crippen molar-refractivity contribution in [3.8, 4) is 0 Å². The SMILES string of the molecule is O=C(NCCc1cscn1)C1(Cc2ccccc2F)CN(Cc2ccncc2)C1. The number of rotatable bonds is 8. The smallest absolute Gasteiger partial charge is 0.229 e. The Morgan fingerprint density at radius 1 is 1.21 bits per heavy atom. The zero-order valence-corrected chi connectivity index (χ0v) is 16.9. The summed E-state index contributed by atoms with van der Waals surface area (Å²) in [6.07, 6.45) is 4.64.